The third kappa shape index (κ3) is 2.81. The van der Waals surface area contributed by atoms with E-state index in [1.54, 1.807) is 6.07 Å². The van der Waals surface area contributed by atoms with Crippen LogP contribution < -0.4 is 4.74 Å². The van der Waals surface area contributed by atoms with Crippen LogP contribution in [0.2, 0.25) is 0 Å². The van der Waals surface area contributed by atoms with Crippen molar-refractivity contribution in [3.8, 4) is 11.6 Å². The van der Waals surface area contributed by atoms with Crippen molar-refractivity contribution in [2.24, 2.45) is 0 Å². The van der Waals surface area contributed by atoms with E-state index in [4.69, 9.17) is 9.84 Å². The van der Waals surface area contributed by atoms with Crippen LogP contribution in [0, 0.1) is 0 Å². The Balaban J connectivity index is 2.12. The highest BCUT2D eigenvalue weighted by Crippen LogP contribution is 2.18. The second-order valence-electron chi connectivity index (χ2n) is 3.36. The van der Waals surface area contributed by atoms with Crippen molar-refractivity contribution in [3.63, 3.8) is 0 Å². The lowest BCUT2D eigenvalue weighted by Gasteiger charge is -2.05. The van der Waals surface area contributed by atoms with Crippen LogP contribution in [0.5, 0.6) is 11.6 Å². The zero-order chi connectivity index (χ0) is 11.2. The van der Waals surface area contributed by atoms with Crippen LogP contribution in [0.4, 0.5) is 0 Å². The molecule has 0 saturated heterocycles. The maximum Gasteiger partial charge on any atom is 0.219 e. The van der Waals surface area contributed by atoms with Crippen LogP contribution in [-0.2, 0) is 6.42 Å². The van der Waals surface area contributed by atoms with Gasteiger partial charge in [-0.25, -0.2) is 4.98 Å². The summed E-state index contributed by atoms with van der Waals surface area (Å²) in [5.41, 5.74) is 0.830. The van der Waals surface area contributed by atoms with E-state index >= 15 is 0 Å². The smallest absolute Gasteiger partial charge is 0.219 e. The molecule has 0 spiro atoms. The molecule has 0 radical (unpaired) electrons. The number of hydrogen-bond donors (Lipinski definition) is 1. The van der Waals surface area contributed by atoms with E-state index < -0.39 is 0 Å². The van der Waals surface area contributed by atoms with E-state index in [-0.39, 0.29) is 6.61 Å². The summed E-state index contributed by atoms with van der Waals surface area (Å²) in [5.74, 6) is 1.31. The molecule has 1 heterocycles. The molecule has 1 aromatic carbocycles. The summed E-state index contributed by atoms with van der Waals surface area (Å²) in [6.45, 7) is 0.0990. The second-order valence-corrected chi connectivity index (χ2v) is 3.36. The van der Waals surface area contributed by atoms with E-state index in [0.29, 0.717) is 12.3 Å². The molecule has 0 atom stereocenters. The number of para-hydroxylation sites is 1. The number of nitrogens with zero attached hydrogens (tertiary/aromatic N) is 1. The lowest BCUT2D eigenvalue weighted by molar-refractivity contribution is 0.297. The Morgan fingerprint density at radius 1 is 1.00 bits per heavy atom. The maximum absolute atomic E-state index is 8.82. The lowest BCUT2D eigenvalue weighted by atomic mass is 10.3. The molecule has 0 saturated carbocycles. The van der Waals surface area contributed by atoms with Gasteiger partial charge in [0.2, 0.25) is 5.88 Å². The lowest BCUT2D eigenvalue weighted by Crippen LogP contribution is -1.96. The molecule has 0 bridgehead atoms. The molecule has 0 aliphatic heterocycles. The van der Waals surface area contributed by atoms with Gasteiger partial charge in [-0.15, -0.1) is 0 Å². The summed E-state index contributed by atoms with van der Waals surface area (Å²) >= 11 is 0. The fourth-order valence-corrected chi connectivity index (χ4v) is 1.38. The number of pyridine rings is 1. The summed E-state index contributed by atoms with van der Waals surface area (Å²) in [7, 11) is 0. The van der Waals surface area contributed by atoms with Crippen molar-refractivity contribution in [2.75, 3.05) is 6.61 Å². The summed E-state index contributed by atoms with van der Waals surface area (Å²) < 4.78 is 5.57. The van der Waals surface area contributed by atoms with Crippen LogP contribution in [-0.4, -0.2) is 16.7 Å². The van der Waals surface area contributed by atoms with Crippen LogP contribution in [0.15, 0.2) is 48.5 Å². The molecule has 2 rings (SSSR count). The van der Waals surface area contributed by atoms with Gasteiger partial charge in [-0.1, -0.05) is 24.3 Å². The highest BCUT2D eigenvalue weighted by Gasteiger charge is 1.99. The fourth-order valence-electron chi connectivity index (χ4n) is 1.38. The first-order valence-electron chi connectivity index (χ1n) is 5.18. The Labute approximate surface area is 94.3 Å². The van der Waals surface area contributed by atoms with Crippen LogP contribution >= 0.6 is 0 Å². The van der Waals surface area contributed by atoms with E-state index in [9.17, 15) is 0 Å². The SMILES string of the molecule is OCCc1cccc(Oc2ccccc2)n1. The van der Waals surface area contributed by atoms with Gasteiger partial charge < -0.3 is 9.84 Å². The van der Waals surface area contributed by atoms with Gasteiger partial charge in [0.15, 0.2) is 0 Å². The number of hydrogen-bond acceptors (Lipinski definition) is 3. The molecule has 2 aromatic rings. The Hall–Kier alpha value is -1.87. The Morgan fingerprint density at radius 3 is 2.56 bits per heavy atom. The minimum Gasteiger partial charge on any atom is -0.439 e. The molecule has 82 valence electrons. The summed E-state index contributed by atoms with van der Waals surface area (Å²) in [5, 5.41) is 8.82. The Kier molecular flexibility index (Phi) is 3.51. The summed E-state index contributed by atoms with van der Waals surface area (Å²) in [6.07, 6.45) is 0.548. The molecular formula is C13H13NO2. The minimum absolute atomic E-state index is 0.0990. The van der Waals surface area contributed by atoms with Gasteiger partial charge in [0.05, 0.1) is 0 Å². The molecular weight excluding hydrogens is 202 g/mol. The zero-order valence-electron chi connectivity index (χ0n) is 8.84. The van der Waals surface area contributed by atoms with Gasteiger partial charge in [-0.05, 0) is 18.2 Å². The topological polar surface area (TPSA) is 42.4 Å². The van der Waals surface area contributed by atoms with Crippen molar-refractivity contribution in [3.05, 3.63) is 54.2 Å². The normalized spacial score (nSPS) is 10.1. The number of benzene rings is 1. The molecule has 0 fully saturated rings. The maximum atomic E-state index is 8.82. The van der Waals surface area contributed by atoms with Crippen LogP contribution in [0.25, 0.3) is 0 Å². The monoisotopic (exact) mass is 215 g/mol. The molecule has 0 aliphatic rings. The Morgan fingerprint density at radius 2 is 1.81 bits per heavy atom. The van der Waals surface area contributed by atoms with Gasteiger partial charge in [0.1, 0.15) is 5.75 Å². The van der Waals surface area contributed by atoms with E-state index in [1.165, 1.54) is 0 Å². The first kappa shape index (κ1) is 10.6. The molecule has 0 unspecified atom stereocenters. The predicted molar refractivity (Wildman–Crippen MR) is 61.5 cm³/mol. The van der Waals surface area contributed by atoms with Crippen molar-refractivity contribution >= 4 is 0 Å². The highest BCUT2D eigenvalue weighted by atomic mass is 16.5. The van der Waals surface area contributed by atoms with Gasteiger partial charge >= 0.3 is 0 Å². The number of aliphatic hydroxyl groups excluding tert-OH is 1. The average molecular weight is 215 g/mol. The van der Waals surface area contributed by atoms with Gasteiger partial charge in [0.25, 0.3) is 0 Å². The number of aliphatic hydroxyl groups is 1. The molecule has 3 heteroatoms. The third-order valence-electron chi connectivity index (χ3n) is 2.11. The third-order valence-corrected chi connectivity index (χ3v) is 2.11. The van der Waals surface area contributed by atoms with Crippen LogP contribution in [0.3, 0.4) is 0 Å². The largest absolute Gasteiger partial charge is 0.439 e. The molecule has 1 aromatic heterocycles. The quantitative estimate of drug-likeness (QED) is 0.851. The zero-order valence-corrected chi connectivity index (χ0v) is 8.84. The van der Waals surface area contributed by atoms with Gasteiger partial charge in [-0.3, -0.25) is 0 Å². The van der Waals surface area contributed by atoms with Crippen molar-refractivity contribution in [1.29, 1.82) is 0 Å². The summed E-state index contributed by atoms with van der Waals surface area (Å²) in [4.78, 5) is 4.28. The fraction of sp³-hybridized carbons (Fsp3) is 0.154. The first-order valence-corrected chi connectivity index (χ1v) is 5.18. The van der Waals surface area contributed by atoms with Gasteiger partial charge in [0, 0.05) is 24.8 Å². The molecule has 3 nitrogen and oxygen atoms in total. The molecule has 1 N–H and O–H groups in total. The molecule has 0 aliphatic carbocycles. The van der Waals surface area contributed by atoms with Crippen molar-refractivity contribution in [1.82, 2.24) is 4.98 Å². The minimum atomic E-state index is 0.0990. The number of ether oxygens (including phenoxy) is 1. The van der Waals surface area contributed by atoms with Crippen LogP contribution in [0.1, 0.15) is 5.69 Å². The summed E-state index contributed by atoms with van der Waals surface area (Å²) in [6, 6.07) is 15.0. The van der Waals surface area contributed by atoms with E-state index in [1.807, 2.05) is 42.5 Å². The number of rotatable bonds is 4. The average Bonchev–Trinajstić information content (AvgIpc) is 2.31. The van der Waals surface area contributed by atoms with Gasteiger partial charge in [-0.2, -0.15) is 0 Å². The van der Waals surface area contributed by atoms with Crippen molar-refractivity contribution < 1.29 is 9.84 Å². The molecule has 16 heavy (non-hydrogen) atoms. The molecule has 0 amide bonds. The highest BCUT2D eigenvalue weighted by molar-refractivity contribution is 5.27. The van der Waals surface area contributed by atoms with E-state index in [0.717, 1.165) is 11.4 Å². The standard InChI is InChI=1S/C13H13NO2/c15-10-9-11-5-4-8-13(14-11)16-12-6-2-1-3-7-12/h1-8,15H,9-10H2. The Bertz CT molecular complexity index is 443. The van der Waals surface area contributed by atoms with E-state index in [2.05, 4.69) is 4.98 Å². The number of aromatic nitrogens is 1. The first-order chi connectivity index (χ1) is 7.88. The second kappa shape index (κ2) is 5.28. The van der Waals surface area contributed by atoms with Crippen molar-refractivity contribution in [2.45, 2.75) is 6.42 Å². The predicted octanol–water partition coefficient (Wildman–Crippen LogP) is 2.41.